The topological polar surface area (TPSA) is 104 Å². The van der Waals surface area contributed by atoms with E-state index in [0.29, 0.717) is 6.42 Å². The lowest BCUT2D eigenvalue weighted by Crippen LogP contribution is -2.46. The fraction of sp³-hybridized carbons (Fsp3) is 0.909. The summed E-state index contributed by atoms with van der Waals surface area (Å²) >= 11 is 0. The summed E-state index contributed by atoms with van der Waals surface area (Å²) in [4.78, 5) is 12.4. The lowest BCUT2D eigenvalue weighted by Gasteiger charge is -2.21. The maximum Gasteiger partial charge on any atom is 0.267 e. The van der Waals surface area contributed by atoms with Crippen molar-refractivity contribution in [3.05, 3.63) is 12.2 Å². The molecule has 6 nitrogen and oxygen atoms in total. The van der Waals surface area contributed by atoms with E-state index in [1.165, 1.54) is 116 Å². The number of nitrogens with one attached hydrogen (secondary N) is 1. The summed E-state index contributed by atoms with van der Waals surface area (Å²) in [6.45, 7) is 4.48. The van der Waals surface area contributed by atoms with E-state index >= 15 is 0 Å². The minimum atomic E-state index is -4.33. The number of amides is 1. The van der Waals surface area contributed by atoms with Crippen LogP contribution in [0.25, 0.3) is 0 Å². The van der Waals surface area contributed by atoms with E-state index < -0.39 is 28.0 Å². The number of aliphatic hydroxyl groups excluding tert-OH is 1. The number of unbranched alkanes of at least 4 members (excludes halogenated alkanes) is 22. The lowest BCUT2D eigenvalue weighted by molar-refractivity contribution is -0.122. The van der Waals surface area contributed by atoms with Gasteiger partial charge in [-0.3, -0.25) is 9.35 Å². The molecule has 0 saturated heterocycles. The molecular formula is C33H65NO5S. The number of hydrogen-bond acceptors (Lipinski definition) is 4. The smallest absolute Gasteiger partial charge is 0.267 e. The third kappa shape index (κ3) is 28.6. The van der Waals surface area contributed by atoms with Crippen LogP contribution in [0, 0.1) is 0 Å². The van der Waals surface area contributed by atoms with E-state index in [2.05, 4.69) is 19.2 Å². The highest BCUT2D eigenvalue weighted by atomic mass is 32.2. The molecule has 1 amide bonds. The maximum absolute atomic E-state index is 12.4. The molecule has 0 aromatic carbocycles. The van der Waals surface area contributed by atoms with Crippen LogP contribution >= 0.6 is 0 Å². The fourth-order valence-electron chi connectivity index (χ4n) is 5.15. The van der Waals surface area contributed by atoms with Gasteiger partial charge in [0, 0.05) is 6.42 Å². The van der Waals surface area contributed by atoms with Gasteiger partial charge in [-0.25, -0.2) is 0 Å². The van der Waals surface area contributed by atoms with Crippen molar-refractivity contribution in [2.75, 3.05) is 5.75 Å². The SMILES string of the molecule is CCCCCCCCCCC/C=C/C(O)C(CS(=O)(=O)O)NC(=O)CCCCCCCCCCCCCCCC. The van der Waals surface area contributed by atoms with Crippen molar-refractivity contribution in [3.63, 3.8) is 0 Å². The van der Waals surface area contributed by atoms with Crippen LogP contribution in [0.2, 0.25) is 0 Å². The van der Waals surface area contributed by atoms with E-state index in [4.69, 9.17) is 0 Å². The van der Waals surface area contributed by atoms with Gasteiger partial charge in [0.25, 0.3) is 10.1 Å². The Hall–Kier alpha value is -0.920. The second-order valence-corrected chi connectivity index (χ2v) is 13.3. The Morgan fingerprint density at radius 3 is 1.43 bits per heavy atom. The molecule has 238 valence electrons. The van der Waals surface area contributed by atoms with E-state index in [9.17, 15) is 22.9 Å². The average Bonchev–Trinajstić information content (AvgIpc) is 2.90. The lowest BCUT2D eigenvalue weighted by atomic mass is 10.0. The third-order valence-electron chi connectivity index (χ3n) is 7.71. The molecule has 0 radical (unpaired) electrons. The van der Waals surface area contributed by atoms with E-state index in [1.54, 1.807) is 6.08 Å². The second kappa shape index (κ2) is 28.2. The highest BCUT2D eigenvalue weighted by Crippen LogP contribution is 2.14. The first-order valence-corrected chi connectivity index (χ1v) is 18.5. The molecule has 40 heavy (non-hydrogen) atoms. The summed E-state index contributed by atoms with van der Waals surface area (Å²) in [7, 11) is -4.33. The molecule has 2 atom stereocenters. The van der Waals surface area contributed by atoms with Crippen LogP contribution in [-0.4, -0.2) is 41.9 Å². The van der Waals surface area contributed by atoms with Crippen LogP contribution in [-0.2, 0) is 14.9 Å². The van der Waals surface area contributed by atoms with E-state index in [-0.39, 0.29) is 5.91 Å². The molecule has 0 saturated carbocycles. The van der Waals surface area contributed by atoms with Crippen molar-refractivity contribution in [3.8, 4) is 0 Å². The monoisotopic (exact) mass is 587 g/mol. The molecule has 0 heterocycles. The van der Waals surface area contributed by atoms with Crippen molar-refractivity contribution in [2.24, 2.45) is 0 Å². The zero-order valence-corrected chi connectivity index (χ0v) is 27.0. The highest BCUT2D eigenvalue weighted by molar-refractivity contribution is 7.85. The van der Waals surface area contributed by atoms with Crippen LogP contribution in [0.4, 0.5) is 0 Å². The first-order valence-electron chi connectivity index (χ1n) is 16.9. The molecule has 2 unspecified atom stereocenters. The average molecular weight is 588 g/mol. The van der Waals surface area contributed by atoms with Gasteiger partial charge >= 0.3 is 0 Å². The number of rotatable bonds is 30. The van der Waals surface area contributed by atoms with Gasteiger partial charge in [-0.2, -0.15) is 8.42 Å². The molecule has 0 aromatic heterocycles. The van der Waals surface area contributed by atoms with Gasteiger partial charge in [-0.05, 0) is 19.3 Å². The van der Waals surface area contributed by atoms with Crippen LogP contribution in [0.5, 0.6) is 0 Å². The summed E-state index contributed by atoms with van der Waals surface area (Å²) in [6, 6.07) is -1.05. The van der Waals surface area contributed by atoms with Gasteiger partial charge in [-0.15, -0.1) is 0 Å². The zero-order chi connectivity index (χ0) is 29.7. The summed E-state index contributed by atoms with van der Waals surface area (Å²) in [5.74, 6) is -0.972. The predicted octanol–water partition coefficient (Wildman–Crippen LogP) is 9.07. The first kappa shape index (κ1) is 39.1. The Labute approximate surface area is 248 Å². The number of hydrogen-bond donors (Lipinski definition) is 3. The molecule has 7 heteroatoms. The van der Waals surface area contributed by atoms with Crippen LogP contribution in [0.3, 0.4) is 0 Å². The molecule has 3 N–H and O–H groups in total. The summed E-state index contributed by atoms with van der Waals surface area (Å²) in [6.07, 6.45) is 31.9. The summed E-state index contributed by atoms with van der Waals surface area (Å²) < 4.78 is 32.2. The van der Waals surface area contributed by atoms with Crippen LogP contribution in [0.15, 0.2) is 12.2 Å². The van der Waals surface area contributed by atoms with Gasteiger partial charge in [0.2, 0.25) is 5.91 Å². The summed E-state index contributed by atoms with van der Waals surface area (Å²) in [5, 5.41) is 13.1. The Balaban J connectivity index is 4.00. The quantitative estimate of drug-likeness (QED) is 0.0442. The Morgan fingerprint density at radius 2 is 1.02 bits per heavy atom. The largest absolute Gasteiger partial charge is 0.387 e. The molecule has 0 aliphatic heterocycles. The molecule has 0 aliphatic carbocycles. The van der Waals surface area contributed by atoms with Crippen molar-refractivity contribution in [1.82, 2.24) is 5.32 Å². The Bertz CT molecular complexity index is 695. The van der Waals surface area contributed by atoms with Gasteiger partial charge < -0.3 is 10.4 Å². The minimum Gasteiger partial charge on any atom is -0.387 e. The third-order valence-corrected chi connectivity index (χ3v) is 8.49. The fourth-order valence-corrected chi connectivity index (χ4v) is 5.89. The first-order chi connectivity index (χ1) is 19.3. The number of carbonyl (C=O) groups excluding carboxylic acids is 1. The second-order valence-electron chi connectivity index (χ2n) is 11.8. The van der Waals surface area contributed by atoms with Crippen molar-refractivity contribution >= 4 is 16.0 Å². The molecule has 0 spiro atoms. The van der Waals surface area contributed by atoms with Crippen molar-refractivity contribution < 1.29 is 22.9 Å². The molecular weight excluding hydrogens is 522 g/mol. The maximum atomic E-state index is 12.4. The zero-order valence-electron chi connectivity index (χ0n) is 26.2. The van der Waals surface area contributed by atoms with Crippen molar-refractivity contribution in [1.29, 1.82) is 0 Å². The molecule has 0 aromatic rings. The Kier molecular flexibility index (Phi) is 27.6. The van der Waals surface area contributed by atoms with Gasteiger partial charge in [0.1, 0.15) is 0 Å². The van der Waals surface area contributed by atoms with Crippen LogP contribution in [0.1, 0.15) is 174 Å². The van der Waals surface area contributed by atoms with E-state index in [1.807, 2.05) is 6.08 Å². The number of aliphatic hydroxyl groups is 1. The normalized spacial score (nSPS) is 13.6. The minimum absolute atomic E-state index is 0.279. The summed E-state index contributed by atoms with van der Waals surface area (Å²) in [5.41, 5.74) is 0. The predicted molar refractivity (Wildman–Crippen MR) is 170 cm³/mol. The van der Waals surface area contributed by atoms with Crippen molar-refractivity contribution in [2.45, 2.75) is 187 Å². The number of carbonyl (C=O) groups is 1. The van der Waals surface area contributed by atoms with E-state index in [0.717, 1.165) is 38.5 Å². The number of allylic oxidation sites excluding steroid dienone is 1. The molecule has 0 rings (SSSR count). The Morgan fingerprint density at radius 1 is 0.650 bits per heavy atom. The highest BCUT2D eigenvalue weighted by Gasteiger charge is 2.24. The van der Waals surface area contributed by atoms with Gasteiger partial charge in [0.15, 0.2) is 0 Å². The van der Waals surface area contributed by atoms with Crippen LogP contribution < -0.4 is 5.32 Å². The van der Waals surface area contributed by atoms with Gasteiger partial charge in [-0.1, -0.05) is 161 Å². The van der Waals surface area contributed by atoms with Gasteiger partial charge in [0.05, 0.1) is 17.9 Å². The molecule has 0 aliphatic rings. The standard InChI is InChI=1S/C33H65NO5S/c1-3-5-7-9-11-13-15-16-17-19-21-23-25-27-29-33(36)34-31(30-40(37,38)39)32(35)28-26-24-22-20-18-14-12-10-8-6-4-2/h26,28,31-32,35H,3-25,27,29-30H2,1-2H3,(H,34,36)(H,37,38,39)/b28-26+. The molecule has 0 fully saturated rings. The molecule has 0 bridgehead atoms.